The van der Waals surface area contributed by atoms with E-state index in [4.69, 9.17) is 4.74 Å². The summed E-state index contributed by atoms with van der Waals surface area (Å²) in [5, 5.41) is 0. The van der Waals surface area contributed by atoms with E-state index in [1.165, 1.54) is 12.1 Å². The molecule has 98 valence electrons. The standard InChI is InChI=1S/C14H18FNO2/c1-10-7-8-16(9-13(10)18-2)14(17)11-5-3-4-6-12(11)15/h3-6,10,13H,7-9H2,1-2H3. The largest absolute Gasteiger partial charge is 0.379 e. The van der Waals surface area contributed by atoms with Crippen LogP contribution in [0.2, 0.25) is 0 Å². The van der Waals surface area contributed by atoms with E-state index in [1.54, 1.807) is 24.1 Å². The Morgan fingerprint density at radius 3 is 2.83 bits per heavy atom. The quantitative estimate of drug-likeness (QED) is 0.807. The number of hydrogen-bond donors (Lipinski definition) is 0. The van der Waals surface area contributed by atoms with Crippen molar-refractivity contribution in [2.75, 3.05) is 20.2 Å². The zero-order valence-corrected chi connectivity index (χ0v) is 10.7. The highest BCUT2D eigenvalue weighted by Gasteiger charge is 2.30. The van der Waals surface area contributed by atoms with Gasteiger partial charge in [-0.3, -0.25) is 4.79 Å². The molecule has 2 atom stereocenters. The molecule has 1 aliphatic rings. The predicted molar refractivity (Wildman–Crippen MR) is 66.9 cm³/mol. The van der Waals surface area contributed by atoms with Crippen molar-refractivity contribution < 1.29 is 13.9 Å². The van der Waals surface area contributed by atoms with Gasteiger partial charge in [-0.2, -0.15) is 0 Å². The summed E-state index contributed by atoms with van der Waals surface area (Å²) in [6, 6.07) is 6.10. The molecule has 3 nitrogen and oxygen atoms in total. The van der Waals surface area contributed by atoms with E-state index in [0.29, 0.717) is 19.0 Å². The number of benzene rings is 1. The van der Waals surface area contributed by atoms with Crippen molar-refractivity contribution in [3.8, 4) is 0 Å². The number of carbonyl (C=O) groups excluding carboxylic acids is 1. The Kier molecular flexibility index (Phi) is 3.97. The Bertz CT molecular complexity index is 436. The molecule has 1 fully saturated rings. The lowest BCUT2D eigenvalue weighted by atomic mass is 9.95. The first-order valence-corrected chi connectivity index (χ1v) is 6.20. The van der Waals surface area contributed by atoms with Gasteiger partial charge in [-0.05, 0) is 24.5 Å². The fourth-order valence-electron chi connectivity index (χ4n) is 2.33. The van der Waals surface area contributed by atoms with Crippen molar-refractivity contribution in [2.45, 2.75) is 19.4 Å². The number of halogens is 1. The minimum Gasteiger partial charge on any atom is -0.379 e. The molecule has 1 aliphatic heterocycles. The van der Waals surface area contributed by atoms with Crippen molar-refractivity contribution in [1.29, 1.82) is 0 Å². The molecule has 1 heterocycles. The average molecular weight is 251 g/mol. The molecule has 2 unspecified atom stereocenters. The van der Waals surface area contributed by atoms with Crippen LogP contribution in [0.1, 0.15) is 23.7 Å². The van der Waals surface area contributed by atoms with Crippen molar-refractivity contribution in [1.82, 2.24) is 4.90 Å². The Labute approximate surface area is 107 Å². The smallest absolute Gasteiger partial charge is 0.256 e. The first-order chi connectivity index (χ1) is 8.63. The van der Waals surface area contributed by atoms with E-state index < -0.39 is 5.82 Å². The number of likely N-dealkylation sites (tertiary alicyclic amines) is 1. The second-order valence-corrected chi connectivity index (χ2v) is 4.77. The zero-order chi connectivity index (χ0) is 13.1. The molecule has 2 rings (SSSR count). The number of methoxy groups -OCH3 is 1. The number of hydrogen-bond acceptors (Lipinski definition) is 2. The second-order valence-electron chi connectivity index (χ2n) is 4.77. The van der Waals surface area contributed by atoms with Crippen LogP contribution in [0, 0.1) is 11.7 Å². The minimum absolute atomic E-state index is 0.0365. The van der Waals surface area contributed by atoms with Crippen LogP contribution in [0.5, 0.6) is 0 Å². The van der Waals surface area contributed by atoms with Crippen LogP contribution < -0.4 is 0 Å². The van der Waals surface area contributed by atoms with Crippen LogP contribution in [-0.2, 0) is 4.74 Å². The van der Waals surface area contributed by atoms with Crippen molar-refractivity contribution in [3.63, 3.8) is 0 Å². The number of amides is 1. The Balaban J connectivity index is 2.13. The fourth-order valence-corrected chi connectivity index (χ4v) is 2.33. The molecule has 4 heteroatoms. The van der Waals surface area contributed by atoms with E-state index in [1.807, 2.05) is 0 Å². The normalized spacial score (nSPS) is 24.1. The van der Waals surface area contributed by atoms with Gasteiger partial charge in [-0.25, -0.2) is 4.39 Å². The lowest BCUT2D eigenvalue weighted by Gasteiger charge is -2.36. The molecule has 1 aromatic rings. The van der Waals surface area contributed by atoms with E-state index in [2.05, 4.69) is 6.92 Å². The van der Waals surface area contributed by atoms with Crippen LogP contribution in [0.3, 0.4) is 0 Å². The van der Waals surface area contributed by atoms with Crippen molar-refractivity contribution in [2.24, 2.45) is 5.92 Å². The minimum atomic E-state index is -0.463. The van der Waals surface area contributed by atoms with Crippen LogP contribution in [0.25, 0.3) is 0 Å². The first kappa shape index (κ1) is 13.0. The number of ether oxygens (including phenoxy) is 1. The number of nitrogens with zero attached hydrogens (tertiary/aromatic N) is 1. The molecule has 0 spiro atoms. The molecule has 0 aromatic heterocycles. The first-order valence-electron chi connectivity index (χ1n) is 6.20. The lowest BCUT2D eigenvalue weighted by molar-refractivity contribution is -0.00172. The van der Waals surface area contributed by atoms with E-state index in [-0.39, 0.29) is 17.6 Å². The topological polar surface area (TPSA) is 29.5 Å². The van der Waals surface area contributed by atoms with E-state index >= 15 is 0 Å². The highest BCUT2D eigenvalue weighted by atomic mass is 19.1. The van der Waals surface area contributed by atoms with Gasteiger partial charge in [0, 0.05) is 20.2 Å². The molecule has 18 heavy (non-hydrogen) atoms. The highest BCUT2D eigenvalue weighted by Crippen LogP contribution is 2.21. The maximum Gasteiger partial charge on any atom is 0.256 e. The molecule has 1 saturated heterocycles. The SMILES string of the molecule is COC1CN(C(=O)c2ccccc2F)CCC1C. The number of piperidine rings is 1. The number of carbonyl (C=O) groups is 1. The van der Waals surface area contributed by atoms with Gasteiger partial charge < -0.3 is 9.64 Å². The van der Waals surface area contributed by atoms with Crippen LogP contribution in [-0.4, -0.2) is 37.1 Å². The Hall–Kier alpha value is -1.42. The lowest BCUT2D eigenvalue weighted by Crippen LogP contribution is -2.46. The summed E-state index contributed by atoms with van der Waals surface area (Å²) in [5.74, 6) is -0.281. The second kappa shape index (κ2) is 5.48. The van der Waals surface area contributed by atoms with E-state index in [0.717, 1.165) is 6.42 Å². The summed E-state index contributed by atoms with van der Waals surface area (Å²) in [7, 11) is 1.65. The average Bonchev–Trinajstić information content (AvgIpc) is 2.39. The van der Waals surface area contributed by atoms with Gasteiger partial charge in [-0.15, -0.1) is 0 Å². The molecule has 1 aromatic carbocycles. The summed E-state index contributed by atoms with van der Waals surface area (Å²) in [5.41, 5.74) is 0.141. The van der Waals surface area contributed by atoms with Crippen molar-refractivity contribution in [3.05, 3.63) is 35.6 Å². The van der Waals surface area contributed by atoms with Gasteiger partial charge in [-0.1, -0.05) is 19.1 Å². The predicted octanol–water partition coefficient (Wildman–Crippen LogP) is 2.32. The molecule has 1 amide bonds. The summed E-state index contributed by atoms with van der Waals surface area (Å²) < 4.78 is 18.9. The van der Waals surface area contributed by atoms with Gasteiger partial charge in [0.15, 0.2) is 0 Å². The summed E-state index contributed by atoms with van der Waals surface area (Å²) in [6.07, 6.45) is 0.924. The van der Waals surface area contributed by atoms with Gasteiger partial charge in [0.1, 0.15) is 5.82 Å². The Morgan fingerprint density at radius 1 is 1.44 bits per heavy atom. The third-order valence-electron chi connectivity index (χ3n) is 3.58. The molecule has 0 N–H and O–H groups in total. The molecule has 0 aliphatic carbocycles. The number of rotatable bonds is 2. The van der Waals surface area contributed by atoms with Gasteiger partial charge in [0.2, 0.25) is 0 Å². The molecule has 0 saturated carbocycles. The highest BCUT2D eigenvalue weighted by molar-refractivity contribution is 5.94. The third-order valence-corrected chi connectivity index (χ3v) is 3.58. The summed E-state index contributed by atoms with van der Waals surface area (Å²) >= 11 is 0. The maximum absolute atomic E-state index is 13.6. The molecule has 0 bridgehead atoms. The monoisotopic (exact) mass is 251 g/mol. The van der Waals surface area contributed by atoms with Crippen LogP contribution in [0.15, 0.2) is 24.3 Å². The van der Waals surface area contributed by atoms with Crippen LogP contribution >= 0.6 is 0 Å². The molecular formula is C14H18FNO2. The summed E-state index contributed by atoms with van der Waals surface area (Å²) in [4.78, 5) is 13.9. The van der Waals surface area contributed by atoms with Gasteiger partial charge in [0.05, 0.1) is 11.7 Å². The Morgan fingerprint density at radius 2 is 2.17 bits per heavy atom. The zero-order valence-electron chi connectivity index (χ0n) is 10.7. The van der Waals surface area contributed by atoms with Crippen LogP contribution in [0.4, 0.5) is 4.39 Å². The van der Waals surface area contributed by atoms with Crippen molar-refractivity contribution >= 4 is 5.91 Å². The third kappa shape index (κ3) is 2.53. The summed E-state index contributed by atoms with van der Waals surface area (Å²) in [6.45, 7) is 3.30. The fraction of sp³-hybridized carbons (Fsp3) is 0.500. The van der Waals surface area contributed by atoms with E-state index in [9.17, 15) is 9.18 Å². The maximum atomic E-state index is 13.6. The van der Waals surface area contributed by atoms with Gasteiger partial charge >= 0.3 is 0 Å². The molecular weight excluding hydrogens is 233 g/mol. The van der Waals surface area contributed by atoms with Gasteiger partial charge in [0.25, 0.3) is 5.91 Å². The molecule has 0 radical (unpaired) electrons.